The van der Waals surface area contributed by atoms with Crippen LogP contribution >= 0.6 is 0 Å². The molecule has 0 radical (unpaired) electrons. The van der Waals surface area contributed by atoms with E-state index in [4.69, 9.17) is 4.42 Å². The summed E-state index contributed by atoms with van der Waals surface area (Å²) in [7, 11) is 0. The fourth-order valence-electron chi connectivity index (χ4n) is 12.8. The Kier molecular flexibility index (Phi) is 5.91. The Bertz CT molecular complexity index is 3900. The normalized spacial score (nSPS) is 15.6. The zero-order valence-electron chi connectivity index (χ0n) is 35.0. The van der Waals surface area contributed by atoms with Crippen molar-refractivity contribution in [2.24, 2.45) is 0 Å². The maximum atomic E-state index is 6.96. The largest absolute Gasteiger partial charge is 0.456 e. The van der Waals surface area contributed by atoms with Gasteiger partial charge in [0, 0.05) is 72.1 Å². The molecule has 4 heteroatoms. The lowest BCUT2D eigenvalue weighted by atomic mass is 9.44. The molecule has 0 saturated heterocycles. The summed E-state index contributed by atoms with van der Waals surface area (Å²) in [6.07, 6.45) is 0. The Morgan fingerprint density at radius 1 is 0.468 bits per heavy atom. The number of hydrogen-bond donors (Lipinski definition) is 0. The van der Waals surface area contributed by atoms with Crippen LogP contribution in [0.4, 0.5) is 17.1 Å². The molecule has 0 atom stereocenters. The van der Waals surface area contributed by atoms with Crippen LogP contribution in [-0.2, 0) is 10.8 Å². The zero-order chi connectivity index (χ0) is 41.0. The number of benzene rings is 9. The molecule has 0 spiro atoms. The number of fused-ring (bicyclic) bond motifs is 19. The van der Waals surface area contributed by atoms with Crippen LogP contribution in [0.1, 0.15) is 49.9 Å². The first kappa shape index (κ1) is 33.4. The van der Waals surface area contributed by atoms with Crippen LogP contribution < -0.4 is 15.8 Å². The summed E-state index contributed by atoms with van der Waals surface area (Å²) in [6.45, 7) is 9.47. The summed E-state index contributed by atoms with van der Waals surface area (Å²) in [5.41, 5.74) is 23.7. The third-order valence-corrected chi connectivity index (χ3v) is 15.5. The average Bonchev–Trinajstić information content (AvgIpc) is 3.98. The van der Waals surface area contributed by atoms with E-state index in [1.54, 1.807) is 0 Å². The quantitative estimate of drug-likeness (QED) is 0.154. The number of anilines is 3. The van der Waals surface area contributed by atoms with E-state index in [0.29, 0.717) is 0 Å². The molecule has 62 heavy (non-hydrogen) atoms. The molecule has 3 nitrogen and oxygen atoms in total. The first-order valence-electron chi connectivity index (χ1n) is 22.0. The molecule has 0 amide bonds. The van der Waals surface area contributed by atoms with Crippen molar-refractivity contribution in [3.8, 4) is 33.4 Å². The molecule has 15 rings (SSSR count). The third-order valence-electron chi connectivity index (χ3n) is 15.5. The van der Waals surface area contributed by atoms with Gasteiger partial charge in [0.1, 0.15) is 11.2 Å². The lowest BCUT2D eigenvalue weighted by Gasteiger charge is -2.41. The van der Waals surface area contributed by atoms with E-state index in [1.807, 2.05) is 0 Å². The highest BCUT2D eigenvalue weighted by molar-refractivity contribution is 6.90. The molecule has 0 unspecified atom stereocenters. The van der Waals surface area contributed by atoms with Crippen LogP contribution in [0.15, 0.2) is 168 Å². The van der Waals surface area contributed by atoms with E-state index in [1.165, 1.54) is 116 Å². The smallest absolute Gasteiger partial charge is 0.333 e. The topological polar surface area (TPSA) is 21.3 Å². The lowest BCUT2D eigenvalue weighted by molar-refractivity contribution is 0.660. The minimum Gasteiger partial charge on any atom is -0.456 e. The average molecular weight is 791 g/mol. The van der Waals surface area contributed by atoms with Gasteiger partial charge >= 0.3 is 6.85 Å². The Hall–Kier alpha value is -7.30. The second kappa shape index (κ2) is 11.0. The number of aromatic nitrogens is 1. The number of hydrogen-bond acceptors (Lipinski definition) is 2. The van der Waals surface area contributed by atoms with Crippen molar-refractivity contribution < 1.29 is 4.42 Å². The molecule has 0 saturated carbocycles. The molecular weight excluding hydrogens is 751 g/mol. The number of para-hydroxylation sites is 2. The minimum absolute atomic E-state index is 0.0907. The van der Waals surface area contributed by atoms with Crippen LogP contribution in [0.3, 0.4) is 0 Å². The summed E-state index contributed by atoms with van der Waals surface area (Å²) in [6, 6.07) is 62.1. The molecule has 11 aromatic rings. The monoisotopic (exact) mass is 790 g/mol. The fourth-order valence-corrected chi connectivity index (χ4v) is 12.8. The number of furan rings is 1. The van der Waals surface area contributed by atoms with Crippen LogP contribution in [-0.4, -0.2) is 11.3 Å². The molecule has 2 aliphatic heterocycles. The maximum absolute atomic E-state index is 6.96. The number of nitrogens with zero attached hydrogens (tertiary/aromatic N) is 2. The summed E-state index contributed by atoms with van der Waals surface area (Å²) in [4.78, 5) is 2.59. The highest BCUT2D eigenvalue weighted by atomic mass is 16.3. The Morgan fingerprint density at radius 3 is 1.95 bits per heavy atom. The van der Waals surface area contributed by atoms with Gasteiger partial charge in [-0.05, 0) is 102 Å². The van der Waals surface area contributed by atoms with E-state index < -0.39 is 0 Å². The van der Waals surface area contributed by atoms with Crippen molar-refractivity contribution in [1.29, 1.82) is 0 Å². The molecule has 0 bridgehead atoms. The van der Waals surface area contributed by atoms with Gasteiger partial charge in [0.25, 0.3) is 0 Å². The van der Waals surface area contributed by atoms with Crippen molar-refractivity contribution in [1.82, 2.24) is 4.48 Å². The first-order valence-corrected chi connectivity index (χ1v) is 22.0. The molecule has 0 fully saturated rings. The summed E-state index contributed by atoms with van der Waals surface area (Å²) in [5.74, 6) is 0. The molecule has 4 aliphatic rings. The van der Waals surface area contributed by atoms with Crippen molar-refractivity contribution in [2.45, 2.75) is 38.5 Å². The SMILES string of the molecule is CC1(C)c2ccccc2-c2cc(N3c4cc5c(cc4B4c6c3cc3oc7ccccc7c3c6-c3cccc6c7c8ccccc8ccc7n4c36)C(C)(C)c3ccccc3-5)ccc21. The van der Waals surface area contributed by atoms with Gasteiger partial charge < -0.3 is 13.8 Å². The van der Waals surface area contributed by atoms with Crippen LogP contribution in [0, 0.1) is 0 Å². The highest BCUT2D eigenvalue weighted by Gasteiger charge is 2.47. The van der Waals surface area contributed by atoms with E-state index >= 15 is 0 Å². The van der Waals surface area contributed by atoms with Gasteiger partial charge in [-0.25, -0.2) is 0 Å². The molecule has 2 aliphatic carbocycles. The van der Waals surface area contributed by atoms with Crippen molar-refractivity contribution in [3.05, 3.63) is 186 Å². The summed E-state index contributed by atoms with van der Waals surface area (Å²) in [5, 5.41) is 7.52. The van der Waals surface area contributed by atoms with Gasteiger partial charge in [0.05, 0.1) is 0 Å². The lowest BCUT2D eigenvalue weighted by Crippen LogP contribution is -2.57. The molecule has 0 N–H and O–H groups in total. The third kappa shape index (κ3) is 3.79. The fraction of sp³-hybridized carbons (Fsp3) is 0.103. The minimum atomic E-state index is -0.167. The van der Waals surface area contributed by atoms with Crippen molar-refractivity contribution >= 4 is 89.4 Å². The zero-order valence-corrected chi connectivity index (χ0v) is 35.0. The molecule has 4 heterocycles. The van der Waals surface area contributed by atoms with E-state index in [2.05, 4.69) is 201 Å². The van der Waals surface area contributed by atoms with Gasteiger partial charge in [0.2, 0.25) is 0 Å². The van der Waals surface area contributed by atoms with Crippen molar-refractivity contribution in [2.75, 3.05) is 4.90 Å². The van der Waals surface area contributed by atoms with Gasteiger partial charge in [-0.1, -0.05) is 155 Å². The predicted molar refractivity (Wildman–Crippen MR) is 260 cm³/mol. The Morgan fingerprint density at radius 2 is 1.13 bits per heavy atom. The van der Waals surface area contributed by atoms with Crippen LogP contribution in [0.2, 0.25) is 0 Å². The molecule has 290 valence electrons. The maximum Gasteiger partial charge on any atom is 0.333 e. The first-order chi connectivity index (χ1) is 30.3. The van der Waals surface area contributed by atoms with E-state index in [0.717, 1.165) is 22.2 Å². The molecule has 9 aromatic carbocycles. The predicted octanol–water partition coefficient (Wildman–Crippen LogP) is 13.9. The Labute approximate surface area is 359 Å². The van der Waals surface area contributed by atoms with E-state index in [-0.39, 0.29) is 17.7 Å². The second-order valence-corrected chi connectivity index (χ2v) is 19.2. The Balaban J connectivity index is 1.14. The van der Waals surface area contributed by atoms with Crippen LogP contribution in [0.25, 0.3) is 87.9 Å². The van der Waals surface area contributed by atoms with Gasteiger partial charge in [-0.3, -0.25) is 0 Å². The summed E-state index contributed by atoms with van der Waals surface area (Å²) < 4.78 is 9.67. The van der Waals surface area contributed by atoms with Crippen LogP contribution in [0.5, 0.6) is 0 Å². The highest BCUT2D eigenvalue weighted by Crippen LogP contribution is 2.56. The number of rotatable bonds is 1. The van der Waals surface area contributed by atoms with Gasteiger partial charge in [0.15, 0.2) is 0 Å². The van der Waals surface area contributed by atoms with Gasteiger partial charge in [-0.2, -0.15) is 0 Å². The van der Waals surface area contributed by atoms with Crippen molar-refractivity contribution in [3.63, 3.8) is 0 Å². The van der Waals surface area contributed by atoms with Gasteiger partial charge in [-0.15, -0.1) is 0 Å². The molecular formula is C58H39BN2O. The second-order valence-electron chi connectivity index (χ2n) is 19.2. The standard InChI is InChI=1S/C58H39BN2O/c1-57(2)42-21-10-7-16-35(42)40-28-33(25-26-44(40)57)60-48-29-41-36-17-8-11-22-43(36)58(3,4)45(41)30-46(48)59-55-49(60)31-51-53(37-18-9-12-23-50(37)62-51)54(55)39-20-13-19-38-52-34-15-6-5-14-32(34)24-27-47(52)61(59)56(38)39/h5-31H,1-4H3. The van der Waals surface area contributed by atoms with E-state index in [9.17, 15) is 0 Å². The molecule has 2 aromatic heterocycles. The summed E-state index contributed by atoms with van der Waals surface area (Å²) >= 11 is 0.